The second kappa shape index (κ2) is 13.1. The van der Waals surface area contributed by atoms with Crippen LogP contribution in [0.25, 0.3) is 0 Å². The zero-order valence-electron chi connectivity index (χ0n) is 14.9. The fourth-order valence-electron chi connectivity index (χ4n) is 2.69. The van der Waals surface area contributed by atoms with E-state index >= 15 is 0 Å². The number of ether oxygens (including phenoxy) is 2. The summed E-state index contributed by atoms with van der Waals surface area (Å²) in [5.41, 5.74) is 0.464. The lowest BCUT2D eigenvalue weighted by molar-refractivity contribution is 0.0428. The van der Waals surface area contributed by atoms with Crippen LogP contribution < -0.4 is 4.74 Å². The number of esters is 1. The molecule has 1 fully saturated rings. The number of halogens is 2. The van der Waals surface area contributed by atoms with E-state index in [1.165, 1.54) is 7.11 Å². The fourth-order valence-corrected chi connectivity index (χ4v) is 2.69. The molecule has 0 aliphatic carbocycles. The molecule has 1 saturated heterocycles. The Bertz CT molecular complexity index is 510. The Kier molecular flexibility index (Phi) is 12.6. The summed E-state index contributed by atoms with van der Waals surface area (Å²) in [6.45, 7) is 5.23. The van der Waals surface area contributed by atoms with Gasteiger partial charge in [0.05, 0.1) is 19.3 Å². The summed E-state index contributed by atoms with van der Waals surface area (Å²) in [4.78, 5) is 15.8. The quantitative estimate of drug-likeness (QED) is 0.609. The molecule has 2 rings (SSSR count). The number of β-amino-alcohol motifs (C(OH)–C–C–N with tert-alkyl or cyclic N) is 2. The molecule has 1 aliphatic rings. The van der Waals surface area contributed by atoms with Crippen LogP contribution in [0.1, 0.15) is 10.4 Å². The van der Waals surface area contributed by atoms with E-state index in [4.69, 9.17) is 9.84 Å². The van der Waals surface area contributed by atoms with Crippen LogP contribution in [-0.2, 0) is 4.74 Å². The third kappa shape index (κ3) is 8.07. The van der Waals surface area contributed by atoms with Gasteiger partial charge in [-0.1, -0.05) is 0 Å². The van der Waals surface area contributed by atoms with E-state index in [0.29, 0.717) is 24.4 Å². The van der Waals surface area contributed by atoms with Gasteiger partial charge in [-0.3, -0.25) is 9.80 Å². The van der Waals surface area contributed by atoms with Gasteiger partial charge in [0.25, 0.3) is 0 Å². The molecule has 0 amide bonds. The Morgan fingerprint density at radius 1 is 1.12 bits per heavy atom. The molecule has 0 bridgehead atoms. The maximum Gasteiger partial charge on any atom is 0.337 e. The lowest BCUT2D eigenvalue weighted by Gasteiger charge is -2.35. The summed E-state index contributed by atoms with van der Waals surface area (Å²) in [5.74, 6) is 0.219. The summed E-state index contributed by atoms with van der Waals surface area (Å²) in [6, 6.07) is 6.64. The number of rotatable bonds is 8. The van der Waals surface area contributed by atoms with Gasteiger partial charge in [-0.15, -0.1) is 24.8 Å². The highest BCUT2D eigenvalue weighted by Gasteiger charge is 2.19. The number of carbonyl (C=O) groups is 1. The van der Waals surface area contributed by atoms with E-state index < -0.39 is 6.10 Å². The summed E-state index contributed by atoms with van der Waals surface area (Å²) in [6.07, 6.45) is -0.574. The molecule has 2 N–H and O–H groups in total. The molecule has 7 nitrogen and oxygen atoms in total. The standard InChI is InChI=1S/C17H26N2O5.2ClH/c1-23-17(22)14-2-4-16(5-3-14)24-13-15(21)12-19-8-6-18(7-9-19)10-11-20;;/h2-5,15,20-21H,6-13H2,1H3;2*1H. The molecule has 1 aliphatic heterocycles. The summed E-state index contributed by atoms with van der Waals surface area (Å²) in [5, 5.41) is 19.1. The minimum Gasteiger partial charge on any atom is -0.491 e. The van der Waals surface area contributed by atoms with Gasteiger partial charge >= 0.3 is 5.97 Å². The van der Waals surface area contributed by atoms with Crippen LogP contribution in [0.4, 0.5) is 0 Å². The van der Waals surface area contributed by atoms with Crippen molar-refractivity contribution in [2.45, 2.75) is 6.10 Å². The molecule has 1 unspecified atom stereocenters. The van der Waals surface area contributed by atoms with Gasteiger partial charge < -0.3 is 19.7 Å². The molecule has 26 heavy (non-hydrogen) atoms. The summed E-state index contributed by atoms with van der Waals surface area (Å²) in [7, 11) is 1.34. The van der Waals surface area contributed by atoms with Crippen molar-refractivity contribution in [1.29, 1.82) is 0 Å². The van der Waals surface area contributed by atoms with E-state index in [2.05, 4.69) is 14.5 Å². The largest absolute Gasteiger partial charge is 0.491 e. The van der Waals surface area contributed by atoms with Crippen molar-refractivity contribution < 1.29 is 24.5 Å². The lowest BCUT2D eigenvalue weighted by atomic mass is 10.2. The fraction of sp³-hybridized carbons (Fsp3) is 0.588. The van der Waals surface area contributed by atoms with Gasteiger partial charge in [0.1, 0.15) is 18.5 Å². The first kappa shape index (κ1) is 24.9. The Labute approximate surface area is 166 Å². The molecular formula is C17H28Cl2N2O5. The molecule has 1 heterocycles. The Hall–Kier alpha value is -1.09. The average Bonchev–Trinajstić information content (AvgIpc) is 2.61. The number of benzene rings is 1. The molecule has 0 saturated carbocycles. The van der Waals surface area contributed by atoms with Crippen molar-refractivity contribution in [3.05, 3.63) is 29.8 Å². The topological polar surface area (TPSA) is 82.5 Å². The van der Waals surface area contributed by atoms with Gasteiger partial charge in [0, 0.05) is 39.3 Å². The zero-order valence-corrected chi connectivity index (χ0v) is 16.5. The average molecular weight is 411 g/mol. The lowest BCUT2D eigenvalue weighted by Crippen LogP contribution is -2.49. The third-order valence-electron chi connectivity index (χ3n) is 4.07. The van der Waals surface area contributed by atoms with Gasteiger partial charge in [-0.2, -0.15) is 0 Å². The molecule has 0 radical (unpaired) electrons. The monoisotopic (exact) mass is 410 g/mol. The van der Waals surface area contributed by atoms with Crippen molar-refractivity contribution >= 4 is 30.8 Å². The minimum atomic E-state index is -0.574. The van der Waals surface area contributed by atoms with Crippen molar-refractivity contribution in [3.8, 4) is 5.75 Å². The number of methoxy groups -OCH3 is 1. The molecule has 1 atom stereocenters. The maximum absolute atomic E-state index is 11.4. The highest BCUT2D eigenvalue weighted by molar-refractivity contribution is 5.89. The number of hydrogen-bond acceptors (Lipinski definition) is 7. The summed E-state index contributed by atoms with van der Waals surface area (Å²) < 4.78 is 10.2. The molecule has 150 valence electrons. The second-order valence-electron chi connectivity index (χ2n) is 5.85. The number of nitrogens with zero attached hydrogens (tertiary/aromatic N) is 2. The van der Waals surface area contributed by atoms with Gasteiger partial charge in [0.2, 0.25) is 0 Å². The van der Waals surface area contributed by atoms with Gasteiger partial charge in [-0.25, -0.2) is 4.79 Å². The second-order valence-corrected chi connectivity index (χ2v) is 5.85. The highest BCUT2D eigenvalue weighted by atomic mass is 35.5. The highest BCUT2D eigenvalue weighted by Crippen LogP contribution is 2.13. The maximum atomic E-state index is 11.4. The predicted molar refractivity (Wildman–Crippen MR) is 104 cm³/mol. The van der Waals surface area contributed by atoms with Crippen LogP contribution in [0.3, 0.4) is 0 Å². The Balaban J connectivity index is 0.00000312. The zero-order chi connectivity index (χ0) is 17.4. The SMILES string of the molecule is COC(=O)c1ccc(OCC(O)CN2CCN(CCO)CC2)cc1.Cl.Cl. The number of aliphatic hydroxyl groups excluding tert-OH is 2. The Morgan fingerprint density at radius 2 is 1.69 bits per heavy atom. The number of aliphatic hydroxyl groups is 2. The van der Waals surface area contributed by atoms with E-state index in [0.717, 1.165) is 26.2 Å². The van der Waals surface area contributed by atoms with E-state index in [1.54, 1.807) is 24.3 Å². The van der Waals surface area contributed by atoms with Crippen LogP contribution in [0, 0.1) is 0 Å². The van der Waals surface area contributed by atoms with E-state index in [-0.39, 0.29) is 44.0 Å². The molecule has 0 spiro atoms. The van der Waals surface area contributed by atoms with Crippen molar-refractivity contribution in [3.63, 3.8) is 0 Å². The predicted octanol–water partition coefficient (Wildman–Crippen LogP) is 0.666. The molecular weight excluding hydrogens is 383 g/mol. The van der Waals surface area contributed by atoms with Gasteiger partial charge in [-0.05, 0) is 24.3 Å². The van der Waals surface area contributed by atoms with Crippen LogP contribution in [0.5, 0.6) is 5.75 Å². The van der Waals surface area contributed by atoms with Crippen LogP contribution in [-0.4, -0.2) is 91.7 Å². The smallest absolute Gasteiger partial charge is 0.337 e. The molecule has 1 aromatic carbocycles. The van der Waals surface area contributed by atoms with Crippen molar-refractivity contribution in [2.75, 3.05) is 59.6 Å². The number of carbonyl (C=O) groups excluding carboxylic acids is 1. The molecule has 9 heteroatoms. The first-order valence-electron chi connectivity index (χ1n) is 8.17. The van der Waals surface area contributed by atoms with E-state index in [9.17, 15) is 9.90 Å². The van der Waals surface area contributed by atoms with Crippen LogP contribution in [0.2, 0.25) is 0 Å². The first-order chi connectivity index (χ1) is 11.6. The van der Waals surface area contributed by atoms with Crippen molar-refractivity contribution in [2.24, 2.45) is 0 Å². The van der Waals surface area contributed by atoms with Gasteiger partial charge in [0.15, 0.2) is 0 Å². The third-order valence-corrected chi connectivity index (χ3v) is 4.07. The molecule has 1 aromatic rings. The molecule has 0 aromatic heterocycles. The first-order valence-corrected chi connectivity index (χ1v) is 8.17. The number of piperazine rings is 1. The Morgan fingerprint density at radius 3 is 2.23 bits per heavy atom. The minimum absolute atomic E-state index is 0. The van der Waals surface area contributed by atoms with Crippen LogP contribution >= 0.6 is 24.8 Å². The summed E-state index contributed by atoms with van der Waals surface area (Å²) >= 11 is 0. The van der Waals surface area contributed by atoms with E-state index in [1.807, 2.05) is 0 Å². The van der Waals surface area contributed by atoms with Crippen LogP contribution in [0.15, 0.2) is 24.3 Å². The normalized spacial score (nSPS) is 16.1. The number of hydrogen-bond donors (Lipinski definition) is 2. The van der Waals surface area contributed by atoms with Crippen molar-refractivity contribution in [1.82, 2.24) is 9.80 Å².